The maximum Gasteiger partial charge on any atom is 0.343 e. The first-order chi connectivity index (χ1) is 14.9. The summed E-state index contributed by atoms with van der Waals surface area (Å²) in [4.78, 5) is 35.8. The zero-order chi connectivity index (χ0) is 22.2. The molecule has 0 aliphatic carbocycles. The number of rotatable bonds is 5. The summed E-state index contributed by atoms with van der Waals surface area (Å²) in [5, 5.41) is 6.70. The van der Waals surface area contributed by atoms with Gasteiger partial charge in [-0.2, -0.15) is 5.10 Å². The number of hydrogen-bond acceptors (Lipinski definition) is 5. The van der Waals surface area contributed by atoms with Crippen LogP contribution in [0.3, 0.4) is 0 Å². The number of halogens is 1. The maximum atomic E-state index is 12.2. The van der Waals surface area contributed by atoms with Crippen molar-refractivity contribution in [2.45, 2.75) is 6.92 Å². The molecule has 3 aromatic carbocycles. The van der Waals surface area contributed by atoms with Crippen molar-refractivity contribution in [2.24, 2.45) is 5.10 Å². The van der Waals surface area contributed by atoms with E-state index in [1.165, 1.54) is 6.21 Å². The quantitative estimate of drug-likeness (QED) is 0.208. The van der Waals surface area contributed by atoms with Crippen molar-refractivity contribution >= 4 is 41.3 Å². The smallest absolute Gasteiger partial charge is 0.343 e. The molecule has 156 valence electrons. The van der Waals surface area contributed by atoms with Crippen molar-refractivity contribution in [1.29, 1.82) is 0 Å². The lowest BCUT2D eigenvalue weighted by atomic mass is 10.1. The number of nitrogens with one attached hydrogen (secondary N) is 2. The number of aryl methyl sites for hydroxylation is 1. The lowest BCUT2D eigenvalue weighted by Crippen LogP contribution is -2.32. The Balaban J connectivity index is 1.50. The highest BCUT2D eigenvalue weighted by molar-refractivity contribution is 6.39. The van der Waals surface area contributed by atoms with E-state index >= 15 is 0 Å². The molecule has 0 saturated carbocycles. The molecule has 2 N–H and O–H groups in total. The molecule has 0 aliphatic heterocycles. The molecule has 0 aliphatic rings. The van der Waals surface area contributed by atoms with Crippen molar-refractivity contribution < 1.29 is 19.1 Å². The number of anilines is 1. The summed E-state index contributed by atoms with van der Waals surface area (Å²) in [6, 6.07) is 20.0. The van der Waals surface area contributed by atoms with Crippen LogP contribution >= 0.6 is 11.6 Å². The average Bonchev–Trinajstić information content (AvgIpc) is 2.76. The Hall–Kier alpha value is -3.97. The Morgan fingerprint density at radius 2 is 1.65 bits per heavy atom. The van der Waals surface area contributed by atoms with Crippen LogP contribution in [0.1, 0.15) is 21.5 Å². The van der Waals surface area contributed by atoms with Gasteiger partial charge >= 0.3 is 17.8 Å². The highest BCUT2D eigenvalue weighted by Crippen LogP contribution is 2.15. The van der Waals surface area contributed by atoms with Gasteiger partial charge in [0.05, 0.1) is 11.8 Å². The fourth-order valence-corrected chi connectivity index (χ4v) is 2.62. The minimum Gasteiger partial charge on any atom is -0.423 e. The summed E-state index contributed by atoms with van der Waals surface area (Å²) < 4.78 is 5.33. The van der Waals surface area contributed by atoms with Gasteiger partial charge in [0.25, 0.3) is 0 Å². The van der Waals surface area contributed by atoms with E-state index < -0.39 is 17.8 Å². The van der Waals surface area contributed by atoms with Crippen LogP contribution in [0.15, 0.2) is 77.9 Å². The van der Waals surface area contributed by atoms with Gasteiger partial charge in [0.1, 0.15) is 5.75 Å². The highest BCUT2D eigenvalue weighted by atomic mass is 35.5. The molecule has 0 radical (unpaired) electrons. The second-order valence-electron chi connectivity index (χ2n) is 6.49. The van der Waals surface area contributed by atoms with Crippen LogP contribution in [0.4, 0.5) is 5.69 Å². The first-order valence-electron chi connectivity index (χ1n) is 9.19. The summed E-state index contributed by atoms with van der Waals surface area (Å²) in [6.07, 6.45) is 1.36. The highest BCUT2D eigenvalue weighted by Gasteiger charge is 2.12. The summed E-state index contributed by atoms with van der Waals surface area (Å²) in [6.45, 7) is 1.89. The lowest BCUT2D eigenvalue weighted by Gasteiger charge is -2.05. The van der Waals surface area contributed by atoms with Crippen molar-refractivity contribution in [1.82, 2.24) is 5.43 Å². The van der Waals surface area contributed by atoms with Gasteiger partial charge in [-0.3, -0.25) is 9.59 Å². The minimum absolute atomic E-state index is 0.370. The van der Waals surface area contributed by atoms with Gasteiger partial charge in [0.2, 0.25) is 0 Å². The first kappa shape index (κ1) is 21.7. The predicted molar refractivity (Wildman–Crippen MR) is 118 cm³/mol. The zero-order valence-corrected chi connectivity index (χ0v) is 17.2. The van der Waals surface area contributed by atoms with E-state index in [4.69, 9.17) is 16.3 Å². The lowest BCUT2D eigenvalue weighted by molar-refractivity contribution is -0.136. The molecule has 2 amide bonds. The summed E-state index contributed by atoms with van der Waals surface area (Å²) >= 11 is 5.77. The number of amides is 2. The van der Waals surface area contributed by atoms with E-state index in [-0.39, 0.29) is 0 Å². The Bertz CT molecular complexity index is 1130. The molecule has 0 fully saturated rings. The zero-order valence-electron chi connectivity index (χ0n) is 16.5. The molecular weight excluding hydrogens is 418 g/mol. The van der Waals surface area contributed by atoms with E-state index in [0.717, 1.165) is 5.56 Å². The molecule has 0 bridgehead atoms. The van der Waals surface area contributed by atoms with Crippen LogP contribution in [-0.2, 0) is 9.59 Å². The van der Waals surface area contributed by atoms with Crippen LogP contribution in [0.25, 0.3) is 0 Å². The second-order valence-corrected chi connectivity index (χ2v) is 6.92. The van der Waals surface area contributed by atoms with Crippen molar-refractivity contribution in [3.63, 3.8) is 0 Å². The molecule has 31 heavy (non-hydrogen) atoms. The van der Waals surface area contributed by atoms with E-state index in [1.807, 2.05) is 13.0 Å². The van der Waals surface area contributed by atoms with Gasteiger partial charge < -0.3 is 10.1 Å². The third kappa shape index (κ3) is 6.52. The fraction of sp³-hybridized carbons (Fsp3) is 0.0435. The van der Waals surface area contributed by atoms with Crippen LogP contribution in [0.5, 0.6) is 5.75 Å². The van der Waals surface area contributed by atoms with E-state index in [1.54, 1.807) is 66.7 Å². The minimum atomic E-state index is -0.921. The second kappa shape index (κ2) is 10.2. The first-order valence-corrected chi connectivity index (χ1v) is 9.57. The van der Waals surface area contributed by atoms with Gasteiger partial charge in [-0.1, -0.05) is 29.3 Å². The molecule has 0 heterocycles. The third-order valence-electron chi connectivity index (χ3n) is 4.03. The van der Waals surface area contributed by atoms with E-state index in [9.17, 15) is 14.4 Å². The average molecular weight is 436 g/mol. The monoisotopic (exact) mass is 435 g/mol. The van der Waals surface area contributed by atoms with Gasteiger partial charge in [-0.15, -0.1) is 0 Å². The standard InChI is InChI=1S/C23H18ClN3O4/c1-15-3-2-4-17(13-15)23(30)31-20-11-5-16(6-12-20)14-25-27-22(29)21(28)26-19-9-7-18(24)8-10-19/h2-14H,1H3,(H,26,28)(H,27,29)/b25-14+. The number of hydrazone groups is 1. The fourth-order valence-electron chi connectivity index (χ4n) is 2.50. The topological polar surface area (TPSA) is 96.9 Å². The number of benzene rings is 3. The maximum absolute atomic E-state index is 12.2. The van der Waals surface area contributed by atoms with Gasteiger partial charge in [-0.25, -0.2) is 10.2 Å². The molecule has 0 spiro atoms. The SMILES string of the molecule is Cc1cccc(C(=O)Oc2ccc(/C=N/NC(=O)C(=O)Nc3ccc(Cl)cc3)cc2)c1. The van der Waals surface area contributed by atoms with E-state index in [2.05, 4.69) is 15.8 Å². The largest absolute Gasteiger partial charge is 0.423 e. The summed E-state index contributed by atoms with van der Waals surface area (Å²) in [7, 11) is 0. The van der Waals surface area contributed by atoms with Crippen molar-refractivity contribution in [3.05, 3.63) is 94.5 Å². The molecule has 0 atom stereocenters. The predicted octanol–water partition coefficient (Wildman–Crippen LogP) is 3.96. The van der Waals surface area contributed by atoms with Gasteiger partial charge in [-0.05, 0) is 73.2 Å². The molecule has 0 aromatic heterocycles. The summed E-state index contributed by atoms with van der Waals surface area (Å²) in [5.41, 5.74) is 4.64. The number of hydrogen-bond donors (Lipinski definition) is 2. The molecular formula is C23H18ClN3O4. The third-order valence-corrected chi connectivity index (χ3v) is 4.28. The molecule has 3 aromatic rings. The Kier molecular flexibility index (Phi) is 7.13. The Morgan fingerprint density at radius 1 is 0.935 bits per heavy atom. The Morgan fingerprint density at radius 3 is 2.32 bits per heavy atom. The molecule has 7 nitrogen and oxygen atoms in total. The van der Waals surface area contributed by atoms with Gasteiger partial charge in [0.15, 0.2) is 0 Å². The molecule has 8 heteroatoms. The van der Waals surface area contributed by atoms with Crippen LogP contribution in [-0.4, -0.2) is 24.0 Å². The normalized spacial score (nSPS) is 10.5. The van der Waals surface area contributed by atoms with Crippen LogP contribution in [0, 0.1) is 6.92 Å². The number of carbonyl (C=O) groups excluding carboxylic acids is 3. The number of esters is 1. The van der Waals surface area contributed by atoms with Crippen molar-refractivity contribution in [3.8, 4) is 5.75 Å². The van der Waals surface area contributed by atoms with Gasteiger partial charge in [0, 0.05) is 10.7 Å². The van der Waals surface area contributed by atoms with Crippen LogP contribution in [0.2, 0.25) is 5.02 Å². The Labute approximate surface area is 183 Å². The van der Waals surface area contributed by atoms with Crippen molar-refractivity contribution in [2.75, 3.05) is 5.32 Å². The van der Waals surface area contributed by atoms with E-state index in [0.29, 0.717) is 27.6 Å². The van der Waals surface area contributed by atoms with Crippen LogP contribution < -0.4 is 15.5 Å². The summed E-state index contributed by atoms with van der Waals surface area (Å²) in [5.74, 6) is -1.87. The molecule has 0 unspecified atom stereocenters. The number of carbonyl (C=O) groups is 3. The number of nitrogens with zero attached hydrogens (tertiary/aromatic N) is 1. The molecule has 0 saturated heterocycles. The number of ether oxygens (including phenoxy) is 1. The molecule has 3 rings (SSSR count).